The second-order valence-electron chi connectivity index (χ2n) is 3.94. The molecule has 0 radical (unpaired) electrons. The first-order valence-electron chi connectivity index (χ1n) is 5.41. The van der Waals surface area contributed by atoms with E-state index in [1.165, 1.54) is 0 Å². The lowest BCUT2D eigenvalue weighted by molar-refractivity contribution is 0.530. The van der Waals surface area contributed by atoms with Crippen LogP contribution in [0.15, 0.2) is 50.2 Å². The molecule has 4 nitrogen and oxygen atoms in total. The summed E-state index contributed by atoms with van der Waals surface area (Å²) in [7, 11) is 0. The van der Waals surface area contributed by atoms with E-state index in [0.717, 1.165) is 16.6 Å². The summed E-state index contributed by atoms with van der Waals surface area (Å²) >= 11 is 3.22. The minimum atomic E-state index is -0.391. The van der Waals surface area contributed by atoms with Gasteiger partial charge in [-0.1, -0.05) is 18.2 Å². The van der Waals surface area contributed by atoms with Crippen LogP contribution in [0.2, 0.25) is 0 Å². The van der Waals surface area contributed by atoms with E-state index in [0.29, 0.717) is 10.2 Å². The molecule has 0 saturated carbocycles. The number of fused-ring (bicyclic) bond motifs is 1. The lowest BCUT2D eigenvalue weighted by atomic mass is 10.2. The number of rotatable bonds is 1. The number of nitrogens with zero attached hydrogens (tertiary/aromatic N) is 2. The zero-order valence-corrected chi connectivity index (χ0v) is 11.1. The Bertz CT molecular complexity index is 775. The average Bonchev–Trinajstić information content (AvgIpc) is 2.81. The predicted molar refractivity (Wildman–Crippen MR) is 72.0 cm³/mol. The Balaban J connectivity index is 2.38. The molecule has 5 heteroatoms. The Kier molecular flexibility index (Phi) is 2.56. The second kappa shape index (κ2) is 4.10. The SMILES string of the molecule is Cc1c(Br)c(=O)oc2c1cnn2-c1ccccc1. The fraction of sp³-hybridized carbons (Fsp3) is 0.0769. The molecule has 0 saturated heterocycles. The van der Waals surface area contributed by atoms with Crippen LogP contribution >= 0.6 is 15.9 Å². The van der Waals surface area contributed by atoms with Crippen LogP contribution < -0.4 is 5.63 Å². The van der Waals surface area contributed by atoms with Crippen molar-refractivity contribution < 1.29 is 4.42 Å². The second-order valence-corrected chi connectivity index (χ2v) is 4.73. The molecule has 0 bridgehead atoms. The number of hydrogen-bond donors (Lipinski definition) is 0. The van der Waals surface area contributed by atoms with Gasteiger partial charge in [0.25, 0.3) is 0 Å². The standard InChI is InChI=1S/C13H9BrN2O2/c1-8-10-7-15-16(9-5-3-2-4-6-9)12(10)18-13(17)11(8)14/h2-7H,1H3. The molecule has 3 aromatic rings. The molecule has 0 amide bonds. The number of benzene rings is 1. The molecule has 0 fully saturated rings. The van der Waals surface area contributed by atoms with Crippen molar-refractivity contribution in [3.05, 3.63) is 57.0 Å². The summed E-state index contributed by atoms with van der Waals surface area (Å²) in [5, 5.41) is 5.10. The van der Waals surface area contributed by atoms with Gasteiger partial charge in [0.05, 0.1) is 17.3 Å². The van der Waals surface area contributed by atoms with Crippen molar-refractivity contribution in [2.24, 2.45) is 0 Å². The van der Waals surface area contributed by atoms with Crippen LogP contribution in [0.25, 0.3) is 16.8 Å². The maximum Gasteiger partial charge on any atom is 0.352 e. The Hall–Kier alpha value is -1.88. The van der Waals surface area contributed by atoms with Crippen molar-refractivity contribution in [3.8, 4) is 5.69 Å². The monoisotopic (exact) mass is 304 g/mol. The molecule has 2 heterocycles. The van der Waals surface area contributed by atoms with Crippen LogP contribution in [0, 0.1) is 6.92 Å². The molecule has 0 spiro atoms. The maximum atomic E-state index is 11.7. The van der Waals surface area contributed by atoms with Crippen LogP contribution in [0.4, 0.5) is 0 Å². The first-order chi connectivity index (χ1) is 8.68. The Morgan fingerprint density at radius 3 is 2.72 bits per heavy atom. The molecular weight excluding hydrogens is 296 g/mol. The van der Waals surface area contributed by atoms with Crippen molar-refractivity contribution in [2.75, 3.05) is 0 Å². The molecule has 18 heavy (non-hydrogen) atoms. The van der Waals surface area contributed by atoms with Gasteiger partial charge in [-0.25, -0.2) is 9.48 Å². The minimum Gasteiger partial charge on any atom is -0.403 e. The van der Waals surface area contributed by atoms with Gasteiger partial charge >= 0.3 is 5.63 Å². The molecule has 3 rings (SSSR count). The maximum absolute atomic E-state index is 11.7. The van der Waals surface area contributed by atoms with E-state index in [1.54, 1.807) is 10.9 Å². The van der Waals surface area contributed by atoms with Gasteiger partial charge < -0.3 is 4.42 Å². The zero-order chi connectivity index (χ0) is 12.7. The van der Waals surface area contributed by atoms with Gasteiger partial charge in [-0.3, -0.25) is 0 Å². The zero-order valence-electron chi connectivity index (χ0n) is 9.55. The first kappa shape index (κ1) is 11.2. The Morgan fingerprint density at radius 1 is 1.28 bits per heavy atom. The minimum absolute atomic E-state index is 0.391. The lowest BCUT2D eigenvalue weighted by Crippen LogP contribution is -2.04. The van der Waals surface area contributed by atoms with Gasteiger partial charge in [0.15, 0.2) is 0 Å². The predicted octanol–water partition coefficient (Wildman–Crippen LogP) is 3.05. The summed E-state index contributed by atoms with van der Waals surface area (Å²) in [6, 6.07) is 9.56. The van der Waals surface area contributed by atoms with Crippen LogP contribution in [-0.4, -0.2) is 9.78 Å². The fourth-order valence-electron chi connectivity index (χ4n) is 1.85. The van der Waals surface area contributed by atoms with E-state index >= 15 is 0 Å². The van der Waals surface area contributed by atoms with E-state index in [2.05, 4.69) is 21.0 Å². The van der Waals surface area contributed by atoms with Crippen molar-refractivity contribution in [1.82, 2.24) is 9.78 Å². The van der Waals surface area contributed by atoms with Gasteiger partial charge in [-0.15, -0.1) is 0 Å². The van der Waals surface area contributed by atoms with Crippen molar-refractivity contribution in [2.45, 2.75) is 6.92 Å². The quantitative estimate of drug-likeness (QED) is 0.694. The molecule has 0 N–H and O–H groups in total. The third-order valence-corrected chi connectivity index (χ3v) is 3.75. The number of halogens is 1. The highest BCUT2D eigenvalue weighted by Crippen LogP contribution is 2.24. The van der Waals surface area contributed by atoms with Crippen LogP contribution in [-0.2, 0) is 0 Å². The van der Waals surface area contributed by atoms with Gasteiger partial charge in [0.2, 0.25) is 5.71 Å². The molecule has 0 aliphatic heterocycles. The largest absolute Gasteiger partial charge is 0.403 e. The van der Waals surface area contributed by atoms with E-state index in [1.807, 2.05) is 37.3 Å². The molecule has 2 aromatic heterocycles. The van der Waals surface area contributed by atoms with Crippen molar-refractivity contribution in [3.63, 3.8) is 0 Å². The summed E-state index contributed by atoms with van der Waals surface area (Å²) < 4.78 is 7.36. The number of aryl methyl sites for hydroxylation is 1. The number of para-hydroxylation sites is 1. The highest BCUT2D eigenvalue weighted by Gasteiger charge is 2.14. The highest BCUT2D eigenvalue weighted by molar-refractivity contribution is 9.10. The fourth-order valence-corrected chi connectivity index (χ4v) is 2.14. The molecule has 0 unspecified atom stereocenters. The summed E-state index contributed by atoms with van der Waals surface area (Å²) in [6.07, 6.45) is 1.70. The molecule has 90 valence electrons. The highest BCUT2D eigenvalue weighted by atomic mass is 79.9. The Morgan fingerprint density at radius 2 is 2.00 bits per heavy atom. The molecule has 0 aliphatic rings. The number of hydrogen-bond acceptors (Lipinski definition) is 3. The third kappa shape index (κ3) is 1.59. The number of aromatic nitrogens is 2. The van der Waals surface area contributed by atoms with Crippen LogP contribution in [0.1, 0.15) is 5.56 Å². The van der Waals surface area contributed by atoms with Gasteiger partial charge in [-0.2, -0.15) is 5.10 Å². The van der Waals surface area contributed by atoms with E-state index in [-0.39, 0.29) is 0 Å². The van der Waals surface area contributed by atoms with Crippen LogP contribution in [0.3, 0.4) is 0 Å². The van der Waals surface area contributed by atoms with E-state index < -0.39 is 5.63 Å². The van der Waals surface area contributed by atoms with Crippen LogP contribution in [0.5, 0.6) is 0 Å². The molecule has 1 aromatic carbocycles. The summed E-state index contributed by atoms with van der Waals surface area (Å²) in [6.45, 7) is 1.86. The molecule has 0 atom stereocenters. The topological polar surface area (TPSA) is 48.0 Å². The van der Waals surface area contributed by atoms with Gasteiger partial charge in [-0.05, 0) is 40.5 Å². The third-order valence-electron chi connectivity index (χ3n) is 2.83. The Labute approximate surface area is 111 Å². The van der Waals surface area contributed by atoms with Gasteiger partial charge in [0.1, 0.15) is 4.47 Å². The summed E-state index contributed by atoms with van der Waals surface area (Å²) in [5.74, 6) is 0. The molecular formula is C13H9BrN2O2. The lowest BCUT2D eigenvalue weighted by Gasteiger charge is -2.02. The van der Waals surface area contributed by atoms with E-state index in [4.69, 9.17) is 4.42 Å². The molecule has 0 aliphatic carbocycles. The smallest absolute Gasteiger partial charge is 0.352 e. The first-order valence-corrected chi connectivity index (χ1v) is 6.20. The summed E-state index contributed by atoms with van der Waals surface area (Å²) in [5.41, 5.74) is 1.77. The van der Waals surface area contributed by atoms with Gasteiger partial charge in [0, 0.05) is 0 Å². The summed E-state index contributed by atoms with van der Waals surface area (Å²) in [4.78, 5) is 11.7. The average molecular weight is 305 g/mol. The van der Waals surface area contributed by atoms with Crippen molar-refractivity contribution in [1.29, 1.82) is 0 Å². The van der Waals surface area contributed by atoms with E-state index in [9.17, 15) is 4.79 Å². The van der Waals surface area contributed by atoms with Crippen molar-refractivity contribution >= 4 is 27.0 Å². The normalized spacial score (nSPS) is 11.0.